The molecule has 0 spiro atoms. The van der Waals surface area contributed by atoms with Crippen LogP contribution in [0.4, 0.5) is 0 Å². The average Bonchev–Trinajstić information content (AvgIpc) is 3.43. The van der Waals surface area contributed by atoms with E-state index in [0.29, 0.717) is 25.7 Å². The van der Waals surface area contributed by atoms with Gasteiger partial charge in [0.05, 0.1) is 26.2 Å². The van der Waals surface area contributed by atoms with Gasteiger partial charge in [0.15, 0.2) is 6.10 Å². The van der Waals surface area contributed by atoms with E-state index in [-0.39, 0.29) is 25.9 Å². The van der Waals surface area contributed by atoms with E-state index >= 15 is 0 Å². The van der Waals surface area contributed by atoms with Crippen molar-refractivity contribution < 1.29 is 52.2 Å². The monoisotopic (exact) mass is 1100 g/mol. The largest absolute Gasteiger partial charge is 0.472 e. The molecule has 0 fully saturated rings. The Morgan fingerprint density at radius 1 is 0.385 bits per heavy atom. The highest BCUT2D eigenvalue weighted by Gasteiger charge is 2.28. The summed E-state index contributed by atoms with van der Waals surface area (Å²) in [6.45, 7) is 4.17. The third-order valence-electron chi connectivity index (χ3n) is 11.4. The smallest absolute Gasteiger partial charge is 0.462 e. The van der Waals surface area contributed by atoms with Gasteiger partial charge in [0.1, 0.15) is 12.7 Å². The Balaban J connectivity index is 4.94. The van der Waals surface area contributed by atoms with E-state index in [2.05, 4.69) is 148 Å². The first-order valence-corrected chi connectivity index (χ1v) is 30.9. The first-order chi connectivity index (χ1) is 38.2. The lowest BCUT2D eigenvalue weighted by Crippen LogP contribution is -2.30. The first-order valence-electron chi connectivity index (χ1n) is 29.4. The highest BCUT2D eigenvalue weighted by Crippen LogP contribution is 2.43. The van der Waals surface area contributed by atoms with Crippen LogP contribution in [0.1, 0.15) is 201 Å². The Morgan fingerprint density at radius 2 is 0.731 bits per heavy atom. The summed E-state index contributed by atoms with van der Waals surface area (Å²) in [5.41, 5.74) is 0. The molecule has 2 N–H and O–H groups in total. The lowest BCUT2D eigenvalue weighted by molar-refractivity contribution is -0.161. The molecule has 0 aromatic heterocycles. The van der Waals surface area contributed by atoms with E-state index in [1.54, 1.807) is 6.08 Å². The average molecular weight is 1100 g/mol. The van der Waals surface area contributed by atoms with Gasteiger partial charge in [-0.1, -0.05) is 217 Å². The summed E-state index contributed by atoms with van der Waals surface area (Å²) in [5.74, 6) is -1.71. The molecule has 0 aliphatic heterocycles. The predicted molar refractivity (Wildman–Crippen MR) is 325 cm³/mol. The number of esters is 3. The molecule has 3 unspecified atom stereocenters. The van der Waals surface area contributed by atoms with Crippen molar-refractivity contribution in [2.75, 3.05) is 26.4 Å². The topological polar surface area (TPSA) is 155 Å². The summed E-state index contributed by atoms with van der Waals surface area (Å²) < 4.78 is 39.4. The number of aliphatic hydroxyl groups excluding tert-OH is 1. The Morgan fingerprint density at radius 3 is 1.17 bits per heavy atom. The van der Waals surface area contributed by atoms with Crippen LogP contribution in [0, 0.1) is 0 Å². The van der Waals surface area contributed by atoms with Crippen LogP contribution in [0.3, 0.4) is 0 Å². The number of rotatable bonds is 52. The Bertz CT molecular complexity index is 1910. The molecule has 0 rings (SSSR count). The second-order valence-electron chi connectivity index (χ2n) is 18.7. The third kappa shape index (κ3) is 55.8. The fourth-order valence-corrected chi connectivity index (χ4v) is 7.84. The number of allylic oxidation sites excluding steroid dienone is 25. The summed E-state index contributed by atoms with van der Waals surface area (Å²) >= 11 is 0. The van der Waals surface area contributed by atoms with E-state index in [1.165, 1.54) is 25.7 Å². The lowest BCUT2D eigenvalue weighted by atomic mass is 10.1. The summed E-state index contributed by atoms with van der Waals surface area (Å²) in [7, 11) is -4.80. The number of carbonyl (C=O) groups is 3. The highest BCUT2D eigenvalue weighted by molar-refractivity contribution is 7.47. The van der Waals surface area contributed by atoms with Crippen molar-refractivity contribution in [2.24, 2.45) is 0 Å². The minimum Gasteiger partial charge on any atom is -0.462 e. The van der Waals surface area contributed by atoms with Crippen LogP contribution in [-0.4, -0.2) is 66.5 Å². The normalized spacial score (nSPS) is 14.5. The SMILES string of the molecule is CC/C=C\C/C=C\C/C=C\C/C=C\C/C=C\CCCC(=O)OCC(COP(=O)(O)OCC(CO)OC(=O)C/C=C\C/C=C\C/C=C\C/C=C\C/C=C\CC)OC(=O)CCCCCCCC/C=C\C/C=C\C/C=C\CCCCC. The van der Waals surface area contributed by atoms with Crippen LogP contribution >= 0.6 is 7.82 Å². The van der Waals surface area contributed by atoms with E-state index in [0.717, 1.165) is 109 Å². The maximum absolute atomic E-state index is 12.9. The standard InChI is InChI=1S/C66H103O11P/c1-4-7-10-13-16-19-22-25-28-30-31-33-36-39-42-45-48-51-54-57-66(70)77-63(59-73-64(68)55-52-49-46-43-40-37-35-32-29-26-23-20-17-14-11-8-5-2)61-75-78(71,72)74-60-62(58-67)76-65(69)56-53-50-47-44-41-38-34-27-24-21-18-15-12-9-6-3/h8-9,11-12,16-21,25-29,31,33-35,37,41,43-44,46,50,53,62-63,67H,4-7,10,13-15,22-24,30,32,36,38-40,42,45,47-49,51-52,54-61H2,1-3H3,(H,71,72)/b11-8-,12-9-,19-16-,20-17-,21-18-,28-25-,29-26-,33-31-,34-27-,37-35-,44-41-,46-43-,53-50-. The second-order valence-corrected chi connectivity index (χ2v) is 20.2. The molecule has 11 nitrogen and oxygen atoms in total. The summed E-state index contributed by atoms with van der Waals surface area (Å²) in [6, 6.07) is 0. The number of phosphoric acid groups is 1. The molecule has 3 atom stereocenters. The molecule has 78 heavy (non-hydrogen) atoms. The molecule has 0 aliphatic carbocycles. The van der Waals surface area contributed by atoms with Crippen molar-refractivity contribution in [2.45, 2.75) is 213 Å². The van der Waals surface area contributed by atoms with Gasteiger partial charge in [0.2, 0.25) is 0 Å². The Hall–Kier alpha value is -4.90. The van der Waals surface area contributed by atoms with Crippen molar-refractivity contribution in [1.29, 1.82) is 0 Å². The lowest BCUT2D eigenvalue weighted by Gasteiger charge is -2.21. The minimum absolute atomic E-state index is 0.0687. The highest BCUT2D eigenvalue weighted by atomic mass is 31.2. The molecule has 0 bridgehead atoms. The Kier molecular flexibility index (Phi) is 54.6. The molecule has 0 saturated heterocycles. The molecule has 0 aromatic carbocycles. The van der Waals surface area contributed by atoms with E-state index < -0.39 is 57.8 Å². The number of carbonyl (C=O) groups excluding carboxylic acids is 3. The molecular formula is C66H103O11P. The van der Waals surface area contributed by atoms with Gasteiger partial charge in [-0.3, -0.25) is 23.4 Å². The minimum atomic E-state index is -4.80. The number of ether oxygens (including phenoxy) is 3. The molecule has 0 amide bonds. The van der Waals surface area contributed by atoms with Crippen LogP contribution in [0.5, 0.6) is 0 Å². The molecule has 0 saturated carbocycles. The van der Waals surface area contributed by atoms with Gasteiger partial charge < -0.3 is 24.2 Å². The van der Waals surface area contributed by atoms with Crippen molar-refractivity contribution in [3.63, 3.8) is 0 Å². The number of unbranched alkanes of at least 4 members (excludes halogenated alkanes) is 10. The van der Waals surface area contributed by atoms with Crippen LogP contribution in [-0.2, 0) is 42.2 Å². The molecule has 12 heteroatoms. The first kappa shape index (κ1) is 73.1. The fraction of sp³-hybridized carbons (Fsp3) is 0.561. The summed E-state index contributed by atoms with van der Waals surface area (Å²) in [5, 5.41) is 9.80. The van der Waals surface area contributed by atoms with Crippen molar-refractivity contribution in [3.05, 3.63) is 158 Å². The maximum atomic E-state index is 12.9. The number of hydrogen-bond acceptors (Lipinski definition) is 10. The molecule has 0 aliphatic rings. The fourth-order valence-electron chi connectivity index (χ4n) is 7.06. The van der Waals surface area contributed by atoms with Gasteiger partial charge in [-0.25, -0.2) is 4.57 Å². The predicted octanol–water partition coefficient (Wildman–Crippen LogP) is 17.7. The molecule has 0 radical (unpaired) electrons. The molecule has 0 aromatic rings. The number of hydrogen-bond donors (Lipinski definition) is 2. The quantitative estimate of drug-likeness (QED) is 0.0197. The van der Waals surface area contributed by atoms with Gasteiger partial charge >= 0.3 is 25.7 Å². The van der Waals surface area contributed by atoms with Crippen LogP contribution < -0.4 is 0 Å². The van der Waals surface area contributed by atoms with Crippen LogP contribution in [0.25, 0.3) is 0 Å². The molecule has 438 valence electrons. The van der Waals surface area contributed by atoms with Gasteiger partial charge in [-0.05, 0) is 122 Å². The molecular weight excluding hydrogens is 1000 g/mol. The van der Waals surface area contributed by atoms with Gasteiger partial charge in [0.25, 0.3) is 0 Å². The summed E-state index contributed by atoms with van der Waals surface area (Å²) in [4.78, 5) is 48.5. The number of phosphoric ester groups is 1. The van der Waals surface area contributed by atoms with E-state index in [9.17, 15) is 28.9 Å². The third-order valence-corrected chi connectivity index (χ3v) is 12.4. The van der Waals surface area contributed by atoms with Gasteiger partial charge in [0, 0.05) is 12.8 Å². The van der Waals surface area contributed by atoms with Crippen molar-refractivity contribution in [3.8, 4) is 0 Å². The maximum Gasteiger partial charge on any atom is 0.472 e. The van der Waals surface area contributed by atoms with E-state index in [1.807, 2.05) is 24.3 Å². The summed E-state index contributed by atoms with van der Waals surface area (Å²) in [6.07, 6.45) is 76.6. The van der Waals surface area contributed by atoms with Crippen LogP contribution in [0.2, 0.25) is 0 Å². The zero-order valence-corrected chi connectivity index (χ0v) is 49.2. The zero-order chi connectivity index (χ0) is 56.9. The zero-order valence-electron chi connectivity index (χ0n) is 48.3. The van der Waals surface area contributed by atoms with Crippen molar-refractivity contribution in [1.82, 2.24) is 0 Å². The number of aliphatic hydroxyl groups is 1. The second kappa shape index (κ2) is 58.3. The van der Waals surface area contributed by atoms with E-state index in [4.69, 9.17) is 23.3 Å². The van der Waals surface area contributed by atoms with Gasteiger partial charge in [-0.15, -0.1) is 0 Å². The van der Waals surface area contributed by atoms with Crippen LogP contribution in [0.15, 0.2) is 158 Å². The van der Waals surface area contributed by atoms with Gasteiger partial charge in [-0.2, -0.15) is 0 Å². The Labute approximate surface area is 473 Å². The molecule has 0 heterocycles. The van der Waals surface area contributed by atoms with Crippen molar-refractivity contribution >= 4 is 25.7 Å².